The van der Waals surface area contributed by atoms with Crippen LogP contribution >= 0.6 is 0 Å². The second kappa shape index (κ2) is 14.7. The Kier molecular flexibility index (Phi) is 10.3. The molecule has 2 saturated carbocycles. The predicted octanol–water partition coefficient (Wildman–Crippen LogP) is 7.07. The lowest BCUT2D eigenvalue weighted by atomic mass is 9.78. The number of likely N-dealkylation sites (tertiary alicyclic amines) is 1. The van der Waals surface area contributed by atoms with Crippen LogP contribution in [0.15, 0.2) is 77.3 Å². The van der Waals surface area contributed by atoms with E-state index in [0.29, 0.717) is 0 Å². The first kappa shape index (κ1) is 34.5. The van der Waals surface area contributed by atoms with E-state index in [9.17, 15) is 0 Å². The zero-order valence-electron chi connectivity index (χ0n) is 30.5. The zero-order chi connectivity index (χ0) is 34.0. The number of benzene rings is 3. The molecule has 1 aromatic heterocycles. The Morgan fingerprint density at radius 3 is 2.12 bits per heavy atom. The van der Waals surface area contributed by atoms with Gasteiger partial charge in [-0.15, -0.1) is 0 Å². The van der Waals surface area contributed by atoms with Gasteiger partial charge in [0, 0.05) is 23.9 Å². The van der Waals surface area contributed by atoms with Crippen LogP contribution in [0.5, 0.6) is 5.75 Å². The predicted molar refractivity (Wildman–Crippen MR) is 202 cm³/mol. The average molecular weight is 680 g/mol. The fourth-order valence-corrected chi connectivity index (χ4v) is 11.1. The molecule has 7 heteroatoms. The lowest BCUT2D eigenvalue weighted by Gasteiger charge is -2.43. The Balaban J connectivity index is 0.975. The largest absolute Gasteiger partial charge is 0.493 e. The molecule has 7 rings (SSSR count). The average Bonchev–Trinajstić information content (AvgIpc) is 4.03. The van der Waals surface area contributed by atoms with Gasteiger partial charge in [-0.3, -0.25) is 0 Å². The quantitative estimate of drug-likeness (QED) is 0.125. The van der Waals surface area contributed by atoms with Gasteiger partial charge in [-0.25, -0.2) is 0 Å². The summed E-state index contributed by atoms with van der Waals surface area (Å²) < 4.78 is 19.7. The molecule has 4 aromatic rings. The molecule has 0 N–H and O–H groups in total. The summed E-state index contributed by atoms with van der Waals surface area (Å²) in [4.78, 5) is 4.94. The standard InChI is InChI=1S/C42H57N3O3Si/c1-41(2,3)40(48-49(33-12-8-6-9-13-33)34-14-10-7-11-15-34)42(24-25-42)30-45-26-22-31(23-27-45)18-20-37-35-19-21-38(46-29-32-16-17-32)36(28-44(4)5)39(35)47-43-37/h6-15,19,21,31-32,40,49H,16-18,20,22-30H2,1-5H3. The highest BCUT2D eigenvalue weighted by Gasteiger charge is 2.55. The third kappa shape index (κ3) is 8.33. The van der Waals surface area contributed by atoms with E-state index in [0.717, 1.165) is 65.9 Å². The topological polar surface area (TPSA) is 51.0 Å². The summed E-state index contributed by atoms with van der Waals surface area (Å²) in [5.74, 6) is 2.40. The number of nitrogens with zero attached hydrogens (tertiary/aromatic N) is 3. The van der Waals surface area contributed by atoms with Gasteiger partial charge in [0.25, 0.3) is 0 Å². The van der Waals surface area contributed by atoms with E-state index in [1.165, 1.54) is 68.4 Å². The van der Waals surface area contributed by atoms with Crippen molar-refractivity contribution >= 4 is 30.4 Å². The first-order valence-electron chi connectivity index (χ1n) is 18.8. The normalized spacial score (nSPS) is 19.2. The van der Waals surface area contributed by atoms with Gasteiger partial charge in [-0.1, -0.05) is 86.6 Å². The number of hydrogen-bond donors (Lipinski definition) is 0. The summed E-state index contributed by atoms with van der Waals surface area (Å²) >= 11 is 0. The molecule has 3 fully saturated rings. The lowest BCUT2D eigenvalue weighted by Crippen LogP contribution is -2.54. The minimum atomic E-state index is -1.85. The molecule has 6 nitrogen and oxygen atoms in total. The van der Waals surface area contributed by atoms with Gasteiger partial charge in [0.15, 0.2) is 5.58 Å². The molecule has 3 aromatic carbocycles. The summed E-state index contributed by atoms with van der Waals surface area (Å²) in [6.45, 7) is 12.3. The SMILES string of the molecule is CN(C)Cc1c(OCC2CC2)ccc2c(CCC3CCN(CC4(C(O[SiH](c5ccccc5)c5ccccc5)C(C)(C)C)CC4)CC3)noc12. The molecule has 0 bridgehead atoms. The fraction of sp³-hybridized carbons (Fsp3) is 0.548. The van der Waals surface area contributed by atoms with Crippen molar-refractivity contribution in [3.63, 3.8) is 0 Å². The number of fused-ring (bicyclic) bond motifs is 1. The van der Waals surface area contributed by atoms with Crippen molar-refractivity contribution < 1.29 is 13.7 Å². The molecule has 262 valence electrons. The molecule has 0 spiro atoms. The third-order valence-electron chi connectivity index (χ3n) is 11.2. The van der Waals surface area contributed by atoms with Crippen molar-refractivity contribution in [1.29, 1.82) is 0 Å². The van der Waals surface area contributed by atoms with Crippen LogP contribution in [0.1, 0.15) is 77.0 Å². The molecule has 1 saturated heterocycles. The molecule has 1 unspecified atom stereocenters. The van der Waals surface area contributed by atoms with E-state index >= 15 is 0 Å². The van der Waals surface area contributed by atoms with E-state index in [-0.39, 0.29) is 16.9 Å². The maximum Gasteiger partial charge on any atom is 0.240 e. The van der Waals surface area contributed by atoms with Crippen molar-refractivity contribution in [1.82, 2.24) is 15.0 Å². The maximum atomic E-state index is 7.44. The van der Waals surface area contributed by atoms with Gasteiger partial charge >= 0.3 is 0 Å². The van der Waals surface area contributed by atoms with Crippen LogP contribution in [0.25, 0.3) is 11.0 Å². The van der Waals surface area contributed by atoms with Crippen LogP contribution in [0, 0.1) is 22.7 Å². The molecule has 1 atom stereocenters. The van der Waals surface area contributed by atoms with Gasteiger partial charge in [0.2, 0.25) is 9.04 Å². The van der Waals surface area contributed by atoms with Gasteiger partial charge in [0.05, 0.1) is 24.0 Å². The van der Waals surface area contributed by atoms with Crippen LogP contribution < -0.4 is 15.1 Å². The van der Waals surface area contributed by atoms with E-state index in [1.54, 1.807) is 0 Å². The molecule has 2 heterocycles. The van der Waals surface area contributed by atoms with Crippen molar-refractivity contribution in [3.8, 4) is 5.75 Å². The number of piperidine rings is 1. The lowest BCUT2D eigenvalue weighted by molar-refractivity contribution is 0.000123. The van der Waals surface area contributed by atoms with Crippen LogP contribution in [-0.4, -0.2) is 70.4 Å². The first-order chi connectivity index (χ1) is 23.7. The van der Waals surface area contributed by atoms with E-state index in [2.05, 4.69) is 123 Å². The number of ether oxygens (including phenoxy) is 1. The summed E-state index contributed by atoms with van der Waals surface area (Å²) in [7, 11) is 2.35. The number of aromatic nitrogens is 1. The van der Waals surface area contributed by atoms with Crippen molar-refractivity contribution in [2.24, 2.45) is 22.7 Å². The van der Waals surface area contributed by atoms with Gasteiger partial charge in [-0.05, 0) is 118 Å². The summed E-state index contributed by atoms with van der Waals surface area (Å²) in [6, 6.07) is 26.3. The maximum absolute atomic E-state index is 7.44. The number of rotatable bonds is 15. The van der Waals surface area contributed by atoms with Crippen LogP contribution in [0.3, 0.4) is 0 Å². The van der Waals surface area contributed by atoms with Gasteiger partial charge in [-0.2, -0.15) is 0 Å². The van der Waals surface area contributed by atoms with E-state index < -0.39 is 9.04 Å². The molecule has 1 aliphatic heterocycles. The molecular weight excluding hydrogens is 623 g/mol. The molecule has 49 heavy (non-hydrogen) atoms. The fourth-order valence-electron chi connectivity index (χ4n) is 8.26. The van der Waals surface area contributed by atoms with E-state index in [1.807, 2.05) is 0 Å². The van der Waals surface area contributed by atoms with Crippen molar-refractivity contribution in [3.05, 3.63) is 84.1 Å². The van der Waals surface area contributed by atoms with Crippen LogP contribution in [0.4, 0.5) is 0 Å². The Morgan fingerprint density at radius 1 is 0.898 bits per heavy atom. The summed E-state index contributed by atoms with van der Waals surface area (Å²) in [5.41, 5.74) is 3.44. The van der Waals surface area contributed by atoms with Crippen LogP contribution in [0.2, 0.25) is 0 Å². The van der Waals surface area contributed by atoms with Crippen molar-refractivity contribution in [2.45, 2.75) is 84.8 Å². The molecule has 3 aliphatic rings. The minimum Gasteiger partial charge on any atom is -0.493 e. The highest BCUT2D eigenvalue weighted by atomic mass is 28.3. The summed E-state index contributed by atoms with van der Waals surface area (Å²) in [6.07, 6.45) is 9.97. The third-order valence-corrected chi connectivity index (χ3v) is 13.7. The van der Waals surface area contributed by atoms with Gasteiger partial charge < -0.3 is 23.5 Å². The molecule has 0 amide bonds. The highest BCUT2D eigenvalue weighted by molar-refractivity contribution is 6.80. The minimum absolute atomic E-state index is 0.0700. The molecule has 0 radical (unpaired) electrons. The van der Waals surface area contributed by atoms with E-state index in [4.69, 9.17) is 13.7 Å². The number of aryl methyl sites for hydroxylation is 1. The second-order valence-corrected chi connectivity index (χ2v) is 19.1. The monoisotopic (exact) mass is 679 g/mol. The summed E-state index contributed by atoms with van der Waals surface area (Å²) in [5, 5.41) is 8.51. The Bertz CT molecular complexity index is 1610. The number of hydrogen-bond acceptors (Lipinski definition) is 6. The molecule has 2 aliphatic carbocycles. The second-order valence-electron chi connectivity index (χ2n) is 16.7. The van der Waals surface area contributed by atoms with Crippen LogP contribution in [-0.2, 0) is 17.4 Å². The first-order valence-corrected chi connectivity index (χ1v) is 20.5. The highest BCUT2D eigenvalue weighted by Crippen LogP contribution is 2.55. The Labute approximate surface area is 295 Å². The smallest absolute Gasteiger partial charge is 0.240 e. The van der Waals surface area contributed by atoms with Crippen molar-refractivity contribution in [2.75, 3.05) is 40.3 Å². The Hall–Kier alpha value is -2.97. The Morgan fingerprint density at radius 2 is 1.55 bits per heavy atom. The van der Waals surface area contributed by atoms with Gasteiger partial charge in [0.1, 0.15) is 5.75 Å². The zero-order valence-corrected chi connectivity index (χ0v) is 31.7. The molecular formula is C42H57N3O3Si.